The van der Waals surface area contributed by atoms with Gasteiger partial charge in [-0.05, 0) is 37.1 Å². The smallest absolute Gasteiger partial charge is 0.234 e. The summed E-state index contributed by atoms with van der Waals surface area (Å²) in [6, 6.07) is 7.49. The molecule has 2 aromatic heterocycles. The first kappa shape index (κ1) is 15.8. The Morgan fingerprint density at radius 2 is 1.87 bits per heavy atom. The third-order valence-electron chi connectivity index (χ3n) is 3.84. The second-order valence-corrected chi connectivity index (χ2v) is 5.74. The largest absolute Gasteiger partial charge is 0.468 e. The van der Waals surface area contributed by atoms with Crippen LogP contribution in [0.25, 0.3) is 0 Å². The Balaban J connectivity index is 1.52. The number of carbonyl (C=O) groups excluding carboxylic acids is 1. The predicted octanol–water partition coefficient (Wildman–Crippen LogP) is 2.17. The van der Waals surface area contributed by atoms with Crippen molar-refractivity contribution >= 4 is 5.91 Å². The van der Waals surface area contributed by atoms with E-state index in [1.165, 1.54) is 0 Å². The zero-order valence-corrected chi connectivity index (χ0v) is 13.1. The van der Waals surface area contributed by atoms with Gasteiger partial charge >= 0.3 is 0 Å². The van der Waals surface area contributed by atoms with Crippen LogP contribution in [0.1, 0.15) is 24.4 Å². The molecule has 0 bridgehead atoms. The Bertz CT molecular complexity index is 538. The molecule has 1 aliphatic heterocycles. The monoisotopic (exact) mass is 318 g/mol. The molecular weight excluding hydrogens is 296 g/mol. The minimum Gasteiger partial charge on any atom is -0.468 e. The highest BCUT2D eigenvalue weighted by molar-refractivity contribution is 5.78. The van der Waals surface area contributed by atoms with Crippen LogP contribution in [0.15, 0.2) is 45.6 Å². The number of hydrogen-bond acceptors (Lipinski definition) is 5. The highest BCUT2D eigenvalue weighted by atomic mass is 16.5. The molecule has 124 valence electrons. The van der Waals surface area contributed by atoms with Crippen LogP contribution in [-0.4, -0.2) is 36.6 Å². The Morgan fingerprint density at radius 1 is 1.17 bits per heavy atom. The zero-order chi connectivity index (χ0) is 15.9. The van der Waals surface area contributed by atoms with Gasteiger partial charge in [-0.25, -0.2) is 0 Å². The number of nitrogens with zero attached hydrogens (tertiary/aromatic N) is 1. The molecule has 6 heteroatoms. The fraction of sp³-hybridized carbons (Fsp3) is 0.471. The van der Waals surface area contributed by atoms with Gasteiger partial charge in [0, 0.05) is 13.2 Å². The third kappa shape index (κ3) is 4.97. The van der Waals surface area contributed by atoms with Crippen LogP contribution in [-0.2, 0) is 22.6 Å². The van der Waals surface area contributed by atoms with Crippen molar-refractivity contribution in [3.63, 3.8) is 0 Å². The maximum Gasteiger partial charge on any atom is 0.234 e. The van der Waals surface area contributed by atoms with Crippen molar-refractivity contribution in [2.75, 3.05) is 19.7 Å². The fourth-order valence-electron chi connectivity index (χ4n) is 2.71. The van der Waals surface area contributed by atoms with Gasteiger partial charge in [-0.2, -0.15) is 0 Å². The SMILES string of the molecule is O=C(CN(Cc1ccco1)Cc1ccco1)NCC1CCCO1. The Hall–Kier alpha value is -2.05. The molecule has 2 aromatic rings. The maximum atomic E-state index is 12.2. The van der Waals surface area contributed by atoms with E-state index in [-0.39, 0.29) is 18.6 Å². The average molecular weight is 318 g/mol. The van der Waals surface area contributed by atoms with Gasteiger partial charge in [-0.15, -0.1) is 0 Å². The normalized spacial score (nSPS) is 17.7. The number of carbonyl (C=O) groups is 1. The van der Waals surface area contributed by atoms with E-state index in [4.69, 9.17) is 13.6 Å². The van der Waals surface area contributed by atoms with Gasteiger partial charge in [0.1, 0.15) is 11.5 Å². The number of rotatable bonds is 8. The molecule has 1 amide bonds. The lowest BCUT2D eigenvalue weighted by molar-refractivity contribution is -0.123. The van der Waals surface area contributed by atoms with E-state index in [2.05, 4.69) is 5.32 Å². The molecule has 0 aliphatic carbocycles. The van der Waals surface area contributed by atoms with Gasteiger partial charge in [-0.3, -0.25) is 9.69 Å². The van der Waals surface area contributed by atoms with Crippen molar-refractivity contribution in [1.29, 1.82) is 0 Å². The molecule has 3 heterocycles. The molecule has 0 spiro atoms. The number of amides is 1. The van der Waals surface area contributed by atoms with Gasteiger partial charge < -0.3 is 18.9 Å². The van der Waals surface area contributed by atoms with Gasteiger partial charge in [0.15, 0.2) is 0 Å². The van der Waals surface area contributed by atoms with Crippen molar-refractivity contribution in [3.8, 4) is 0 Å². The van der Waals surface area contributed by atoms with Gasteiger partial charge in [0.25, 0.3) is 0 Å². The summed E-state index contributed by atoms with van der Waals surface area (Å²) < 4.78 is 16.3. The highest BCUT2D eigenvalue weighted by Crippen LogP contribution is 2.12. The number of nitrogens with one attached hydrogen (secondary N) is 1. The Morgan fingerprint density at radius 3 is 2.39 bits per heavy atom. The molecular formula is C17H22N2O4. The van der Waals surface area contributed by atoms with Crippen LogP contribution in [0.4, 0.5) is 0 Å². The molecule has 1 atom stereocenters. The van der Waals surface area contributed by atoms with Crippen molar-refractivity contribution < 1.29 is 18.4 Å². The van der Waals surface area contributed by atoms with E-state index in [0.29, 0.717) is 19.6 Å². The fourth-order valence-corrected chi connectivity index (χ4v) is 2.71. The van der Waals surface area contributed by atoms with E-state index in [0.717, 1.165) is 31.0 Å². The van der Waals surface area contributed by atoms with Crippen LogP contribution >= 0.6 is 0 Å². The first-order chi connectivity index (χ1) is 11.3. The molecule has 23 heavy (non-hydrogen) atoms. The highest BCUT2D eigenvalue weighted by Gasteiger charge is 2.18. The molecule has 3 rings (SSSR count). The van der Waals surface area contributed by atoms with Crippen molar-refractivity contribution in [2.45, 2.75) is 32.0 Å². The third-order valence-corrected chi connectivity index (χ3v) is 3.84. The molecule has 0 saturated carbocycles. The summed E-state index contributed by atoms with van der Waals surface area (Å²) in [7, 11) is 0. The lowest BCUT2D eigenvalue weighted by Gasteiger charge is -2.20. The first-order valence-electron chi connectivity index (χ1n) is 7.95. The lowest BCUT2D eigenvalue weighted by atomic mass is 10.2. The van der Waals surface area contributed by atoms with E-state index < -0.39 is 0 Å². The predicted molar refractivity (Wildman–Crippen MR) is 83.5 cm³/mol. The summed E-state index contributed by atoms with van der Waals surface area (Å²) in [5.41, 5.74) is 0. The van der Waals surface area contributed by atoms with Crippen LogP contribution in [0.3, 0.4) is 0 Å². The van der Waals surface area contributed by atoms with Crippen LogP contribution in [0.2, 0.25) is 0 Å². The van der Waals surface area contributed by atoms with Crippen molar-refractivity contribution in [2.24, 2.45) is 0 Å². The quantitative estimate of drug-likeness (QED) is 0.808. The average Bonchev–Trinajstić information content (AvgIpc) is 3.29. The van der Waals surface area contributed by atoms with Crippen molar-refractivity contribution in [1.82, 2.24) is 10.2 Å². The van der Waals surface area contributed by atoms with Crippen LogP contribution in [0, 0.1) is 0 Å². The van der Waals surface area contributed by atoms with Crippen LogP contribution in [0.5, 0.6) is 0 Å². The van der Waals surface area contributed by atoms with E-state index in [1.54, 1.807) is 12.5 Å². The minimum atomic E-state index is -0.0152. The summed E-state index contributed by atoms with van der Waals surface area (Å²) in [4.78, 5) is 14.2. The lowest BCUT2D eigenvalue weighted by Crippen LogP contribution is -2.39. The molecule has 1 aliphatic rings. The minimum absolute atomic E-state index is 0.0152. The maximum absolute atomic E-state index is 12.2. The summed E-state index contributed by atoms with van der Waals surface area (Å²) in [5, 5.41) is 2.95. The number of ether oxygens (including phenoxy) is 1. The molecule has 1 saturated heterocycles. The zero-order valence-electron chi connectivity index (χ0n) is 13.1. The standard InChI is InChI=1S/C17H22N2O4/c20-17(18-10-14-4-1-7-21-14)13-19(11-15-5-2-8-22-15)12-16-6-3-9-23-16/h2-3,5-6,8-9,14H,1,4,7,10-13H2,(H,18,20). The molecule has 1 N–H and O–H groups in total. The molecule has 1 unspecified atom stereocenters. The number of furan rings is 2. The van der Waals surface area contributed by atoms with Crippen LogP contribution < -0.4 is 5.32 Å². The van der Waals surface area contributed by atoms with Gasteiger partial charge in [0.2, 0.25) is 5.91 Å². The topological polar surface area (TPSA) is 67.9 Å². The summed E-state index contributed by atoms with van der Waals surface area (Å²) in [6.07, 6.45) is 5.52. The molecule has 6 nitrogen and oxygen atoms in total. The van der Waals surface area contributed by atoms with Crippen molar-refractivity contribution in [3.05, 3.63) is 48.3 Å². The number of hydrogen-bond donors (Lipinski definition) is 1. The van der Waals surface area contributed by atoms with E-state index in [9.17, 15) is 4.79 Å². The summed E-state index contributed by atoms with van der Waals surface area (Å²) in [5.74, 6) is 1.63. The Kier molecular flexibility index (Phi) is 5.50. The first-order valence-corrected chi connectivity index (χ1v) is 7.95. The summed E-state index contributed by atoms with van der Waals surface area (Å²) >= 11 is 0. The van der Waals surface area contributed by atoms with Gasteiger partial charge in [-0.1, -0.05) is 0 Å². The second kappa shape index (κ2) is 7.99. The molecule has 1 fully saturated rings. The second-order valence-electron chi connectivity index (χ2n) is 5.74. The van der Waals surface area contributed by atoms with Gasteiger partial charge in [0.05, 0.1) is 38.3 Å². The van der Waals surface area contributed by atoms with E-state index >= 15 is 0 Å². The Labute approximate surface area is 135 Å². The van der Waals surface area contributed by atoms with E-state index in [1.807, 2.05) is 29.2 Å². The molecule has 0 aromatic carbocycles. The summed E-state index contributed by atoms with van der Waals surface area (Å²) in [6.45, 7) is 2.77. The molecule has 0 radical (unpaired) electrons.